The molecule has 0 saturated carbocycles. The molecule has 0 aliphatic heterocycles. The van der Waals surface area contributed by atoms with E-state index in [-0.39, 0.29) is 5.91 Å². The zero-order valence-electron chi connectivity index (χ0n) is 9.46. The highest BCUT2D eigenvalue weighted by Crippen LogP contribution is 2.23. The normalized spacial score (nSPS) is 12.2. The van der Waals surface area contributed by atoms with Crippen molar-refractivity contribution in [2.75, 3.05) is 13.7 Å². The van der Waals surface area contributed by atoms with Gasteiger partial charge >= 0.3 is 0 Å². The van der Waals surface area contributed by atoms with Gasteiger partial charge in [-0.1, -0.05) is 22.9 Å². The summed E-state index contributed by atoms with van der Waals surface area (Å²) in [5.74, 6) is 0.602. The van der Waals surface area contributed by atoms with E-state index in [2.05, 4.69) is 28.2 Å². The lowest BCUT2D eigenvalue weighted by Gasteiger charge is -2.06. The van der Waals surface area contributed by atoms with Gasteiger partial charge in [0.05, 0.1) is 7.11 Å². The number of thiophene rings is 1. The number of rotatable bonds is 6. The largest absolute Gasteiger partial charge is 0.495 e. The molecule has 1 amide bonds. The summed E-state index contributed by atoms with van der Waals surface area (Å²) in [5, 5.41) is 4.74. The Morgan fingerprint density at radius 3 is 3.06 bits per heavy atom. The molecule has 1 aromatic heterocycles. The predicted octanol–water partition coefficient (Wildman–Crippen LogP) is 3.05. The second-order valence-corrected chi connectivity index (χ2v) is 5.98. The minimum absolute atomic E-state index is 0.0472. The van der Waals surface area contributed by atoms with Gasteiger partial charge in [0.25, 0.3) is 5.91 Å². The second-order valence-electron chi connectivity index (χ2n) is 3.50. The van der Waals surface area contributed by atoms with Crippen molar-refractivity contribution in [1.82, 2.24) is 5.32 Å². The Balaban J connectivity index is 2.35. The first-order chi connectivity index (χ1) is 7.65. The van der Waals surface area contributed by atoms with Crippen LogP contribution in [0.3, 0.4) is 0 Å². The summed E-state index contributed by atoms with van der Waals surface area (Å²) in [6.45, 7) is 2.81. The number of alkyl halides is 1. The molecule has 0 fully saturated rings. The molecule has 1 rings (SSSR count). The van der Waals surface area contributed by atoms with E-state index in [9.17, 15) is 4.79 Å². The van der Waals surface area contributed by atoms with Crippen molar-refractivity contribution >= 4 is 33.2 Å². The monoisotopic (exact) mass is 305 g/mol. The van der Waals surface area contributed by atoms with Crippen LogP contribution >= 0.6 is 27.3 Å². The van der Waals surface area contributed by atoms with E-state index in [0.717, 1.165) is 12.8 Å². The van der Waals surface area contributed by atoms with Crippen LogP contribution in [-0.2, 0) is 0 Å². The lowest BCUT2D eigenvalue weighted by atomic mass is 10.2. The Kier molecular flexibility index (Phi) is 5.84. The van der Waals surface area contributed by atoms with E-state index in [1.165, 1.54) is 11.3 Å². The lowest BCUT2D eigenvalue weighted by Crippen LogP contribution is -2.24. The van der Waals surface area contributed by atoms with Crippen LogP contribution in [0.25, 0.3) is 0 Å². The van der Waals surface area contributed by atoms with Gasteiger partial charge in [-0.15, -0.1) is 11.3 Å². The van der Waals surface area contributed by atoms with Gasteiger partial charge in [0.15, 0.2) is 0 Å². The van der Waals surface area contributed by atoms with Gasteiger partial charge < -0.3 is 10.1 Å². The third-order valence-electron chi connectivity index (χ3n) is 2.12. The van der Waals surface area contributed by atoms with Crippen molar-refractivity contribution in [2.24, 2.45) is 0 Å². The first-order valence-electron chi connectivity index (χ1n) is 5.19. The molecule has 1 N–H and O–H groups in total. The van der Waals surface area contributed by atoms with Crippen LogP contribution in [0.2, 0.25) is 0 Å². The first kappa shape index (κ1) is 13.5. The Bertz CT molecular complexity index is 338. The highest BCUT2D eigenvalue weighted by atomic mass is 79.9. The summed E-state index contributed by atoms with van der Waals surface area (Å²) in [5.41, 5.74) is 0. The zero-order valence-corrected chi connectivity index (χ0v) is 11.9. The standard InChI is InChI=1S/C11H16BrNO2S/c1-8(12)4-3-6-13-11(14)10-9(15-2)5-7-16-10/h5,7-8H,3-4,6H2,1-2H3,(H,13,14). The first-order valence-corrected chi connectivity index (χ1v) is 6.98. The summed E-state index contributed by atoms with van der Waals surface area (Å²) >= 11 is 4.87. The summed E-state index contributed by atoms with van der Waals surface area (Å²) < 4.78 is 5.09. The van der Waals surface area contributed by atoms with Gasteiger partial charge in [0.1, 0.15) is 10.6 Å². The van der Waals surface area contributed by atoms with Crippen molar-refractivity contribution in [1.29, 1.82) is 0 Å². The highest BCUT2D eigenvalue weighted by Gasteiger charge is 2.12. The Hall–Kier alpha value is -0.550. The summed E-state index contributed by atoms with van der Waals surface area (Å²) in [4.78, 5) is 12.9. The average Bonchev–Trinajstić information content (AvgIpc) is 2.71. The van der Waals surface area contributed by atoms with Crippen molar-refractivity contribution < 1.29 is 9.53 Å². The zero-order chi connectivity index (χ0) is 12.0. The van der Waals surface area contributed by atoms with E-state index in [4.69, 9.17) is 4.74 Å². The third-order valence-corrected chi connectivity index (χ3v) is 3.47. The van der Waals surface area contributed by atoms with Gasteiger partial charge in [0, 0.05) is 11.4 Å². The van der Waals surface area contributed by atoms with Gasteiger partial charge in [-0.3, -0.25) is 4.79 Å². The van der Waals surface area contributed by atoms with E-state index >= 15 is 0 Å². The molecule has 0 aliphatic carbocycles. The van der Waals surface area contributed by atoms with E-state index in [0.29, 0.717) is 22.0 Å². The molecule has 0 aromatic carbocycles. The van der Waals surface area contributed by atoms with Crippen LogP contribution in [0, 0.1) is 0 Å². The Labute approximate surface area is 108 Å². The minimum atomic E-state index is -0.0472. The smallest absolute Gasteiger partial charge is 0.265 e. The number of halogens is 1. The quantitative estimate of drug-likeness (QED) is 0.648. The number of hydrogen-bond donors (Lipinski definition) is 1. The molecule has 1 atom stereocenters. The van der Waals surface area contributed by atoms with Crippen LogP contribution in [0.15, 0.2) is 11.4 Å². The topological polar surface area (TPSA) is 38.3 Å². The third kappa shape index (κ3) is 4.14. The van der Waals surface area contributed by atoms with Gasteiger partial charge in [-0.05, 0) is 24.3 Å². The molecule has 90 valence electrons. The van der Waals surface area contributed by atoms with Crippen LogP contribution in [-0.4, -0.2) is 24.4 Å². The van der Waals surface area contributed by atoms with Crippen molar-refractivity contribution in [3.8, 4) is 5.75 Å². The summed E-state index contributed by atoms with van der Waals surface area (Å²) in [6, 6.07) is 1.81. The van der Waals surface area contributed by atoms with Crippen LogP contribution < -0.4 is 10.1 Å². The fourth-order valence-corrected chi connectivity index (χ4v) is 2.39. The summed E-state index contributed by atoms with van der Waals surface area (Å²) in [7, 11) is 1.57. The molecule has 1 heterocycles. The molecule has 0 saturated heterocycles. The van der Waals surface area contributed by atoms with Crippen LogP contribution in [0.4, 0.5) is 0 Å². The van der Waals surface area contributed by atoms with Crippen LogP contribution in [0.5, 0.6) is 5.75 Å². The molecule has 1 unspecified atom stereocenters. The number of ether oxygens (including phenoxy) is 1. The number of methoxy groups -OCH3 is 1. The molecule has 0 bridgehead atoms. The maximum absolute atomic E-state index is 11.7. The maximum atomic E-state index is 11.7. The maximum Gasteiger partial charge on any atom is 0.265 e. The number of carbonyl (C=O) groups is 1. The fraction of sp³-hybridized carbons (Fsp3) is 0.545. The molecular weight excluding hydrogens is 290 g/mol. The van der Waals surface area contributed by atoms with E-state index in [1.54, 1.807) is 13.2 Å². The van der Waals surface area contributed by atoms with Crippen molar-refractivity contribution in [3.05, 3.63) is 16.3 Å². The van der Waals surface area contributed by atoms with Gasteiger partial charge in [-0.2, -0.15) is 0 Å². The average molecular weight is 306 g/mol. The Morgan fingerprint density at radius 1 is 1.69 bits per heavy atom. The van der Waals surface area contributed by atoms with Gasteiger partial charge in [0.2, 0.25) is 0 Å². The molecule has 3 nitrogen and oxygen atoms in total. The van der Waals surface area contributed by atoms with E-state index in [1.807, 2.05) is 5.38 Å². The number of amides is 1. The Morgan fingerprint density at radius 2 is 2.44 bits per heavy atom. The summed E-state index contributed by atoms with van der Waals surface area (Å²) in [6.07, 6.45) is 2.04. The highest BCUT2D eigenvalue weighted by molar-refractivity contribution is 9.09. The number of hydrogen-bond acceptors (Lipinski definition) is 3. The SMILES string of the molecule is COc1ccsc1C(=O)NCCCC(C)Br. The molecule has 5 heteroatoms. The number of carbonyl (C=O) groups excluding carboxylic acids is 1. The van der Waals surface area contributed by atoms with Crippen molar-refractivity contribution in [3.63, 3.8) is 0 Å². The molecule has 0 spiro atoms. The molecule has 0 aliphatic rings. The second kappa shape index (κ2) is 6.91. The van der Waals surface area contributed by atoms with E-state index < -0.39 is 0 Å². The van der Waals surface area contributed by atoms with Crippen molar-refractivity contribution in [2.45, 2.75) is 24.6 Å². The lowest BCUT2D eigenvalue weighted by molar-refractivity contribution is 0.0954. The predicted molar refractivity (Wildman–Crippen MR) is 70.8 cm³/mol. The molecular formula is C11H16BrNO2S. The minimum Gasteiger partial charge on any atom is -0.495 e. The fourth-order valence-electron chi connectivity index (χ4n) is 1.29. The number of nitrogens with one attached hydrogen (secondary N) is 1. The molecule has 16 heavy (non-hydrogen) atoms. The van der Waals surface area contributed by atoms with Crippen LogP contribution in [0.1, 0.15) is 29.4 Å². The molecule has 1 aromatic rings. The molecule has 0 radical (unpaired) electrons. The van der Waals surface area contributed by atoms with Gasteiger partial charge in [-0.25, -0.2) is 0 Å².